The molecule has 0 atom stereocenters. The molecular weight excluding hydrogens is 366 g/mol. The van der Waals surface area contributed by atoms with Crippen LogP contribution in [0.2, 0.25) is 0 Å². The Labute approximate surface area is 170 Å². The minimum atomic E-state index is -0.179. The molecule has 1 heterocycles. The van der Waals surface area contributed by atoms with Crippen LogP contribution in [0.4, 0.5) is 0 Å². The summed E-state index contributed by atoms with van der Waals surface area (Å²) in [5.74, 6) is 1.26. The van der Waals surface area contributed by atoms with Gasteiger partial charge in [-0.15, -0.1) is 6.58 Å². The molecule has 0 aliphatic rings. The minimum Gasteiger partial charge on any atom is -0.496 e. The fourth-order valence-corrected chi connectivity index (χ4v) is 3.21. The highest BCUT2D eigenvalue weighted by Gasteiger charge is 2.17. The normalized spacial score (nSPS) is 11.3. The van der Waals surface area contributed by atoms with Gasteiger partial charge < -0.3 is 19.2 Å². The average molecular weight is 391 g/mol. The number of nitrogens with one attached hydrogen (secondary N) is 1. The van der Waals surface area contributed by atoms with E-state index < -0.39 is 0 Å². The first-order valence-corrected chi connectivity index (χ1v) is 9.47. The third kappa shape index (κ3) is 4.35. The number of hydrogen-bond donors (Lipinski definition) is 1. The second-order valence-electron chi connectivity index (χ2n) is 6.49. The highest BCUT2D eigenvalue weighted by atomic mass is 16.5. The molecule has 0 aliphatic heterocycles. The molecule has 0 saturated carbocycles. The Morgan fingerprint density at radius 2 is 2.00 bits per heavy atom. The van der Waals surface area contributed by atoms with Crippen molar-refractivity contribution in [1.29, 1.82) is 0 Å². The van der Waals surface area contributed by atoms with Crippen LogP contribution in [0, 0.1) is 0 Å². The van der Waals surface area contributed by atoms with E-state index in [9.17, 15) is 4.79 Å². The van der Waals surface area contributed by atoms with Gasteiger partial charge in [-0.05, 0) is 31.6 Å². The Kier molecular flexibility index (Phi) is 6.39. The molecule has 5 heteroatoms. The van der Waals surface area contributed by atoms with Crippen LogP contribution in [0.3, 0.4) is 0 Å². The van der Waals surface area contributed by atoms with Gasteiger partial charge in [0.2, 0.25) is 5.91 Å². The standard InChI is InChI=1S/C24H25NO4/c1-5-11-25-24(26)12-16(3)18-13-19-20(17-9-7-8-10-21(17)27-4)15-29-23(19)14-22(18)28-6-2/h5,7-10,12-15H,1,6,11H2,2-4H3,(H,25,26)/b16-12+. The van der Waals surface area contributed by atoms with Gasteiger partial charge in [-0.3, -0.25) is 4.79 Å². The van der Waals surface area contributed by atoms with E-state index in [1.807, 2.05) is 50.2 Å². The zero-order valence-corrected chi connectivity index (χ0v) is 17.0. The van der Waals surface area contributed by atoms with Crippen molar-refractivity contribution in [2.24, 2.45) is 0 Å². The lowest BCUT2D eigenvalue weighted by atomic mass is 9.98. The molecule has 0 unspecified atom stereocenters. The van der Waals surface area contributed by atoms with Crippen molar-refractivity contribution in [3.8, 4) is 22.6 Å². The molecule has 0 radical (unpaired) electrons. The van der Waals surface area contributed by atoms with Gasteiger partial charge in [0, 0.05) is 40.8 Å². The number of furan rings is 1. The van der Waals surface area contributed by atoms with Crippen molar-refractivity contribution in [3.63, 3.8) is 0 Å². The molecule has 3 aromatic rings. The van der Waals surface area contributed by atoms with Crippen LogP contribution >= 0.6 is 0 Å². The fraction of sp³-hybridized carbons (Fsp3) is 0.208. The molecule has 150 valence electrons. The van der Waals surface area contributed by atoms with Crippen molar-refractivity contribution in [2.75, 3.05) is 20.3 Å². The number of rotatable bonds is 8. The van der Waals surface area contributed by atoms with Crippen molar-refractivity contribution in [3.05, 3.63) is 67.0 Å². The van der Waals surface area contributed by atoms with Gasteiger partial charge in [0.1, 0.15) is 17.1 Å². The average Bonchev–Trinajstić information content (AvgIpc) is 3.14. The third-order valence-corrected chi connectivity index (χ3v) is 4.57. The van der Waals surface area contributed by atoms with Gasteiger partial charge in [-0.25, -0.2) is 0 Å². The molecule has 5 nitrogen and oxygen atoms in total. The number of fused-ring (bicyclic) bond motifs is 1. The van der Waals surface area contributed by atoms with E-state index in [0.717, 1.165) is 33.4 Å². The molecule has 0 aliphatic carbocycles. The fourth-order valence-electron chi connectivity index (χ4n) is 3.21. The summed E-state index contributed by atoms with van der Waals surface area (Å²) >= 11 is 0. The zero-order valence-electron chi connectivity index (χ0n) is 17.0. The van der Waals surface area contributed by atoms with Crippen LogP contribution in [0.25, 0.3) is 27.7 Å². The lowest BCUT2D eigenvalue weighted by Crippen LogP contribution is -2.20. The van der Waals surface area contributed by atoms with Gasteiger partial charge >= 0.3 is 0 Å². The SMILES string of the molecule is C=CCNC(=O)/C=C(\C)c1cc2c(-c3ccccc3OC)coc2cc1OCC. The van der Waals surface area contributed by atoms with Crippen LogP contribution in [-0.2, 0) is 4.79 Å². The van der Waals surface area contributed by atoms with E-state index >= 15 is 0 Å². The summed E-state index contributed by atoms with van der Waals surface area (Å²) in [5.41, 5.74) is 4.21. The summed E-state index contributed by atoms with van der Waals surface area (Å²) in [6.07, 6.45) is 4.93. The number of hydrogen-bond acceptors (Lipinski definition) is 4. The number of ether oxygens (including phenoxy) is 2. The summed E-state index contributed by atoms with van der Waals surface area (Å²) < 4.78 is 17.1. The van der Waals surface area contributed by atoms with Gasteiger partial charge in [0.15, 0.2) is 0 Å². The maximum absolute atomic E-state index is 12.1. The summed E-state index contributed by atoms with van der Waals surface area (Å²) in [5, 5.41) is 3.68. The highest BCUT2D eigenvalue weighted by Crippen LogP contribution is 2.40. The van der Waals surface area contributed by atoms with Crippen molar-refractivity contribution < 1.29 is 18.7 Å². The van der Waals surface area contributed by atoms with E-state index in [2.05, 4.69) is 11.9 Å². The van der Waals surface area contributed by atoms with Crippen LogP contribution in [0.1, 0.15) is 19.4 Å². The Morgan fingerprint density at radius 3 is 2.72 bits per heavy atom. The number of amides is 1. The summed E-state index contributed by atoms with van der Waals surface area (Å²) in [6.45, 7) is 8.35. The molecule has 2 aromatic carbocycles. The largest absolute Gasteiger partial charge is 0.496 e. The minimum absolute atomic E-state index is 0.179. The van der Waals surface area contributed by atoms with E-state index in [0.29, 0.717) is 24.5 Å². The quantitative estimate of drug-likeness (QED) is 0.423. The van der Waals surface area contributed by atoms with E-state index in [1.165, 1.54) is 0 Å². The first-order valence-electron chi connectivity index (χ1n) is 9.47. The lowest BCUT2D eigenvalue weighted by Gasteiger charge is -2.12. The number of methoxy groups -OCH3 is 1. The molecule has 3 rings (SSSR count). The second kappa shape index (κ2) is 9.15. The number of carbonyl (C=O) groups is 1. The van der Waals surface area contributed by atoms with Crippen molar-refractivity contribution in [1.82, 2.24) is 5.32 Å². The van der Waals surface area contributed by atoms with Crippen molar-refractivity contribution in [2.45, 2.75) is 13.8 Å². The Hall–Kier alpha value is -3.47. The maximum Gasteiger partial charge on any atom is 0.244 e. The maximum atomic E-state index is 12.1. The zero-order chi connectivity index (χ0) is 20.8. The smallest absolute Gasteiger partial charge is 0.244 e. The Morgan fingerprint density at radius 1 is 1.21 bits per heavy atom. The molecule has 1 N–H and O–H groups in total. The number of carbonyl (C=O) groups excluding carboxylic acids is 1. The predicted molar refractivity (Wildman–Crippen MR) is 116 cm³/mol. The Bertz CT molecular complexity index is 1060. The molecule has 1 amide bonds. The summed E-state index contributed by atoms with van der Waals surface area (Å²) in [6, 6.07) is 11.7. The van der Waals surface area contributed by atoms with Gasteiger partial charge in [0.25, 0.3) is 0 Å². The molecule has 0 bridgehead atoms. The molecular formula is C24H25NO4. The van der Waals surface area contributed by atoms with Gasteiger partial charge in [-0.2, -0.15) is 0 Å². The van der Waals surface area contributed by atoms with Crippen molar-refractivity contribution >= 4 is 22.4 Å². The molecule has 0 spiro atoms. The summed E-state index contributed by atoms with van der Waals surface area (Å²) in [4.78, 5) is 12.1. The van der Waals surface area contributed by atoms with E-state index in [-0.39, 0.29) is 5.91 Å². The first kappa shape index (κ1) is 20.3. The van der Waals surface area contributed by atoms with Gasteiger partial charge in [-0.1, -0.05) is 24.3 Å². The molecule has 1 aromatic heterocycles. The van der Waals surface area contributed by atoms with Crippen LogP contribution < -0.4 is 14.8 Å². The van der Waals surface area contributed by atoms with E-state index in [4.69, 9.17) is 13.9 Å². The van der Waals surface area contributed by atoms with Crippen LogP contribution in [0.15, 0.2) is 65.8 Å². The number of para-hydroxylation sites is 1. The highest BCUT2D eigenvalue weighted by molar-refractivity contribution is 6.01. The monoisotopic (exact) mass is 391 g/mol. The van der Waals surface area contributed by atoms with E-state index in [1.54, 1.807) is 25.5 Å². The van der Waals surface area contributed by atoms with Gasteiger partial charge in [0.05, 0.1) is 20.0 Å². The van der Waals surface area contributed by atoms with Crippen LogP contribution in [-0.4, -0.2) is 26.2 Å². The first-order chi connectivity index (χ1) is 14.1. The number of benzene rings is 2. The summed E-state index contributed by atoms with van der Waals surface area (Å²) in [7, 11) is 1.65. The topological polar surface area (TPSA) is 60.7 Å². The Balaban J connectivity index is 2.13. The predicted octanol–water partition coefficient (Wildman–Crippen LogP) is 5.21. The molecule has 0 saturated heterocycles. The second-order valence-corrected chi connectivity index (χ2v) is 6.49. The third-order valence-electron chi connectivity index (χ3n) is 4.57. The molecule has 29 heavy (non-hydrogen) atoms. The molecule has 0 fully saturated rings. The lowest BCUT2D eigenvalue weighted by molar-refractivity contribution is -0.116. The number of allylic oxidation sites excluding steroid dienone is 1. The van der Waals surface area contributed by atoms with Crippen LogP contribution in [0.5, 0.6) is 11.5 Å².